The van der Waals surface area contributed by atoms with Gasteiger partial charge in [-0.05, 0) is 37.1 Å². The van der Waals surface area contributed by atoms with Gasteiger partial charge in [0.15, 0.2) is 23.1 Å². The quantitative estimate of drug-likeness (QED) is 0.382. The predicted octanol–water partition coefficient (Wildman–Crippen LogP) is 5.46. The van der Waals surface area contributed by atoms with Crippen molar-refractivity contribution in [1.82, 2.24) is 14.8 Å². The summed E-state index contributed by atoms with van der Waals surface area (Å²) in [5.41, 5.74) is -0.598. The van der Waals surface area contributed by atoms with Crippen molar-refractivity contribution >= 4 is 27.8 Å². The van der Waals surface area contributed by atoms with E-state index >= 15 is 4.39 Å². The minimum atomic E-state index is -1.48. The van der Waals surface area contributed by atoms with Crippen molar-refractivity contribution in [2.24, 2.45) is 0 Å². The molecule has 0 unspecified atom stereocenters. The van der Waals surface area contributed by atoms with Gasteiger partial charge >= 0.3 is 5.97 Å². The van der Waals surface area contributed by atoms with E-state index in [0.29, 0.717) is 22.2 Å². The smallest absolute Gasteiger partial charge is 0.335 e. The molecule has 2 aromatic heterocycles. The molecular formula is C26H23F3N4O3. The molecule has 2 atom stereocenters. The van der Waals surface area contributed by atoms with E-state index in [0.717, 1.165) is 12.1 Å². The largest absolute Gasteiger partial charge is 0.479 e. The van der Waals surface area contributed by atoms with Crippen molar-refractivity contribution in [2.45, 2.75) is 50.5 Å². The molecule has 7 nitrogen and oxygen atoms in total. The molecule has 0 amide bonds. The number of aliphatic carboxylic acids is 1. The van der Waals surface area contributed by atoms with Gasteiger partial charge < -0.3 is 14.4 Å². The third kappa shape index (κ3) is 3.45. The number of fused-ring (bicyclic) bond motifs is 2. The maximum atomic E-state index is 16.1. The van der Waals surface area contributed by atoms with E-state index in [2.05, 4.69) is 16.3 Å². The van der Waals surface area contributed by atoms with E-state index in [-0.39, 0.29) is 36.0 Å². The molecule has 0 aliphatic carbocycles. The standard InChI is InChI=1S/C26H23F3N4O3/c1-25(2,6-7-30)23-19(14-10-26(3,24(34)35)36-12-14)20-18(8-13-11-31-32-22(13)21(20)29)33(23)15-4-5-16(27)17(28)9-15/h4-5,8-9,11,14H,6,10,12H2,1-3H3,(H,31,32)(H,34,35)/t14-,26+/m0/s1. The monoisotopic (exact) mass is 496 g/mol. The topological polar surface area (TPSA) is 104 Å². The van der Waals surface area contributed by atoms with Crippen LogP contribution in [0.2, 0.25) is 0 Å². The highest BCUT2D eigenvalue weighted by Crippen LogP contribution is 2.48. The highest BCUT2D eigenvalue weighted by Gasteiger charge is 2.46. The van der Waals surface area contributed by atoms with Crippen LogP contribution in [0, 0.1) is 28.8 Å². The number of aromatic amines is 1. The lowest BCUT2D eigenvalue weighted by Crippen LogP contribution is -2.34. The Morgan fingerprint density at radius 3 is 2.72 bits per heavy atom. The van der Waals surface area contributed by atoms with E-state index in [1.54, 1.807) is 10.6 Å². The summed E-state index contributed by atoms with van der Waals surface area (Å²) in [5.74, 6) is -4.38. The zero-order chi connectivity index (χ0) is 26.0. The molecule has 0 spiro atoms. The van der Waals surface area contributed by atoms with Crippen LogP contribution in [0.5, 0.6) is 0 Å². The molecule has 5 rings (SSSR count). The number of carboxylic acids is 1. The summed E-state index contributed by atoms with van der Waals surface area (Å²) >= 11 is 0. The van der Waals surface area contributed by atoms with Gasteiger partial charge in [0, 0.05) is 46.0 Å². The molecule has 1 aliphatic heterocycles. The molecule has 1 aliphatic rings. The molecule has 2 aromatic carbocycles. The number of nitriles is 1. The predicted molar refractivity (Wildman–Crippen MR) is 125 cm³/mol. The fourth-order valence-corrected chi connectivity index (χ4v) is 5.27. The van der Waals surface area contributed by atoms with Gasteiger partial charge in [0.1, 0.15) is 5.52 Å². The van der Waals surface area contributed by atoms with Gasteiger partial charge in [-0.3, -0.25) is 5.10 Å². The number of carbonyl (C=O) groups is 1. The van der Waals surface area contributed by atoms with Gasteiger partial charge in [0.25, 0.3) is 0 Å². The minimum Gasteiger partial charge on any atom is -0.479 e. The SMILES string of the molecule is CC(C)(CC#N)c1c([C@@H]2CO[C@@](C)(C(=O)O)C2)c2c(F)c3[nH]ncc3cc2n1-c1ccc(F)c(F)c1. The van der Waals surface area contributed by atoms with Crippen LogP contribution in [-0.4, -0.2) is 38.0 Å². The molecule has 0 radical (unpaired) electrons. The number of nitrogens with zero attached hydrogens (tertiary/aromatic N) is 3. The number of ether oxygens (including phenoxy) is 1. The van der Waals surface area contributed by atoms with Crippen molar-refractivity contribution in [2.75, 3.05) is 6.61 Å². The number of nitrogens with one attached hydrogen (secondary N) is 1. The van der Waals surface area contributed by atoms with Gasteiger partial charge in [-0.2, -0.15) is 10.4 Å². The lowest BCUT2D eigenvalue weighted by atomic mass is 9.79. The molecule has 4 aromatic rings. The second kappa shape index (κ2) is 8.10. The first-order chi connectivity index (χ1) is 17.0. The number of rotatable bonds is 5. The Kier molecular flexibility index (Phi) is 5.37. The fourth-order valence-electron chi connectivity index (χ4n) is 5.27. The average Bonchev–Trinajstić information content (AvgIpc) is 3.52. The first-order valence-corrected chi connectivity index (χ1v) is 11.4. The normalized spacial score (nSPS) is 20.3. The molecule has 0 bridgehead atoms. The van der Waals surface area contributed by atoms with Crippen molar-refractivity contribution < 1.29 is 27.8 Å². The third-order valence-electron chi connectivity index (χ3n) is 7.07. The zero-order valence-corrected chi connectivity index (χ0v) is 19.8. The molecule has 3 heterocycles. The molecule has 10 heteroatoms. The molecule has 2 N–H and O–H groups in total. The summed E-state index contributed by atoms with van der Waals surface area (Å²) in [5, 5.41) is 26.6. The Bertz CT molecular complexity index is 1580. The van der Waals surface area contributed by atoms with Crippen LogP contribution in [0.1, 0.15) is 50.8 Å². The second-order valence-corrected chi connectivity index (χ2v) is 10.1. The summed E-state index contributed by atoms with van der Waals surface area (Å²) in [6.07, 6.45) is 1.56. The van der Waals surface area contributed by atoms with Crippen LogP contribution in [0.25, 0.3) is 27.5 Å². The van der Waals surface area contributed by atoms with Crippen LogP contribution in [-0.2, 0) is 14.9 Å². The van der Waals surface area contributed by atoms with E-state index in [1.807, 2.05) is 13.8 Å². The molecule has 0 saturated carbocycles. The summed E-state index contributed by atoms with van der Waals surface area (Å²) < 4.78 is 51.7. The fraction of sp³-hybridized carbons (Fsp3) is 0.346. The Morgan fingerprint density at radius 2 is 2.08 bits per heavy atom. The van der Waals surface area contributed by atoms with Crippen LogP contribution < -0.4 is 0 Å². The van der Waals surface area contributed by atoms with Crippen molar-refractivity contribution in [3.05, 3.63) is 59.2 Å². The minimum absolute atomic E-state index is 0.00970. The number of hydrogen-bond acceptors (Lipinski definition) is 4. The van der Waals surface area contributed by atoms with E-state index in [9.17, 15) is 23.9 Å². The number of aromatic nitrogens is 3. The second-order valence-electron chi connectivity index (χ2n) is 10.1. The Morgan fingerprint density at radius 1 is 1.33 bits per heavy atom. The van der Waals surface area contributed by atoms with Gasteiger partial charge in [0.05, 0.1) is 24.4 Å². The number of benzene rings is 2. The summed E-state index contributed by atoms with van der Waals surface area (Å²) in [7, 11) is 0. The maximum absolute atomic E-state index is 16.1. The molecule has 1 fully saturated rings. The Hall–Kier alpha value is -3.84. The summed E-state index contributed by atoms with van der Waals surface area (Å²) in [4.78, 5) is 11.9. The Labute approximate surface area is 204 Å². The van der Waals surface area contributed by atoms with Crippen LogP contribution in [0.3, 0.4) is 0 Å². The summed E-state index contributed by atoms with van der Waals surface area (Å²) in [6.45, 7) is 5.09. The summed E-state index contributed by atoms with van der Waals surface area (Å²) in [6, 6.07) is 7.26. The van der Waals surface area contributed by atoms with Gasteiger partial charge in [-0.15, -0.1) is 0 Å². The van der Waals surface area contributed by atoms with Gasteiger partial charge in [0.2, 0.25) is 0 Å². The van der Waals surface area contributed by atoms with Crippen LogP contribution in [0.15, 0.2) is 30.5 Å². The first-order valence-electron chi connectivity index (χ1n) is 11.4. The van der Waals surface area contributed by atoms with Gasteiger partial charge in [-0.25, -0.2) is 18.0 Å². The van der Waals surface area contributed by atoms with E-state index in [1.165, 1.54) is 19.2 Å². The number of carboxylic acid groups (broad SMARTS) is 1. The lowest BCUT2D eigenvalue weighted by Gasteiger charge is -2.28. The van der Waals surface area contributed by atoms with E-state index < -0.39 is 40.4 Å². The molecular weight excluding hydrogens is 473 g/mol. The third-order valence-corrected chi connectivity index (χ3v) is 7.07. The van der Waals surface area contributed by atoms with Gasteiger partial charge in [-0.1, -0.05) is 13.8 Å². The number of hydrogen-bond donors (Lipinski definition) is 2. The van der Waals surface area contributed by atoms with Crippen molar-refractivity contribution in [3.63, 3.8) is 0 Å². The lowest BCUT2D eigenvalue weighted by molar-refractivity contribution is -0.157. The highest BCUT2D eigenvalue weighted by atomic mass is 19.2. The molecule has 186 valence electrons. The zero-order valence-electron chi connectivity index (χ0n) is 19.8. The highest BCUT2D eigenvalue weighted by molar-refractivity contribution is 6.00. The van der Waals surface area contributed by atoms with Crippen LogP contribution >= 0.6 is 0 Å². The molecule has 1 saturated heterocycles. The van der Waals surface area contributed by atoms with Crippen LogP contribution in [0.4, 0.5) is 13.2 Å². The maximum Gasteiger partial charge on any atom is 0.335 e. The van der Waals surface area contributed by atoms with E-state index in [4.69, 9.17) is 4.74 Å². The first kappa shape index (κ1) is 23.9. The number of halogens is 3. The average molecular weight is 496 g/mol. The molecule has 36 heavy (non-hydrogen) atoms. The Balaban J connectivity index is 1.94. The number of H-pyrrole nitrogens is 1. The van der Waals surface area contributed by atoms with Crippen molar-refractivity contribution in [3.8, 4) is 11.8 Å². The van der Waals surface area contributed by atoms with Crippen molar-refractivity contribution in [1.29, 1.82) is 5.26 Å².